The second-order valence-corrected chi connectivity index (χ2v) is 5.17. The maximum Gasteiger partial charge on any atom is 0.246 e. The summed E-state index contributed by atoms with van der Waals surface area (Å²) in [5.74, 6) is 0.0933. The van der Waals surface area contributed by atoms with Gasteiger partial charge in [-0.2, -0.15) is 0 Å². The molecule has 3 nitrogen and oxygen atoms in total. The summed E-state index contributed by atoms with van der Waals surface area (Å²) in [5, 5.41) is 9.58. The molecule has 0 aromatic rings. The molecule has 0 heterocycles. The number of hydrogen-bond donors (Lipinski definition) is 1. The number of nitrogens with zero attached hydrogens (tertiary/aromatic N) is 1. The predicted octanol–water partition coefficient (Wildman–Crippen LogP) is 2.74. The molecular weight excluding hydrogens is 214 g/mol. The molecule has 17 heavy (non-hydrogen) atoms. The van der Waals surface area contributed by atoms with Gasteiger partial charge < -0.3 is 10.0 Å². The van der Waals surface area contributed by atoms with Crippen LogP contribution in [0.2, 0.25) is 0 Å². The van der Waals surface area contributed by atoms with E-state index in [-0.39, 0.29) is 5.91 Å². The quantitative estimate of drug-likeness (QED) is 0.696. The summed E-state index contributed by atoms with van der Waals surface area (Å²) in [6.07, 6.45) is 4.27. The Bertz CT molecular complexity index is 260. The summed E-state index contributed by atoms with van der Waals surface area (Å²) in [4.78, 5) is 13.6. The fourth-order valence-electron chi connectivity index (χ4n) is 1.71. The molecule has 0 aliphatic rings. The highest BCUT2D eigenvalue weighted by Crippen LogP contribution is 2.15. The molecule has 0 radical (unpaired) electrons. The lowest BCUT2D eigenvalue weighted by Gasteiger charge is -2.18. The van der Waals surface area contributed by atoms with Crippen LogP contribution in [0.15, 0.2) is 11.6 Å². The monoisotopic (exact) mass is 241 g/mol. The second kappa shape index (κ2) is 7.49. The number of amides is 1. The maximum atomic E-state index is 11.8. The first-order valence-corrected chi connectivity index (χ1v) is 6.48. The van der Waals surface area contributed by atoms with Crippen molar-refractivity contribution < 1.29 is 9.90 Å². The first-order valence-electron chi connectivity index (χ1n) is 6.48. The number of hydrogen-bond acceptors (Lipinski definition) is 2. The largest absolute Gasteiger partial charge is 0.390 e. The molecule has 0 aromatic heterocycles. The first-order chi connectivity index (χ1) is 7.80. The van der Waals surface area contributed by atoms with Gasteiger partial charge in [0, 0.05) is 19.2 Å². The van der Waals surface area contributed by atoms with Crippen molar-refractivity contribution in [1.82, 2.24) is 4.90 Å². The lowest BCUT2D eigenvalue weighted by atomic mass is 9.99. The van der Waals surface area contributed by atoms with Gasteiger partial charge in [-0.3, -0.25) is 4.79 Å². The zero-order valence-electron chi connectivity index (χ0n) is 11.9. The van der Waals surface area contributed by atoms with Gasteiger partial charge in [-0.05, 0) is 53.9 Å². The summed E-state index contributed by atoms with van der Waals surface area (Å²) >= 11 is 0. The highest BCUT2D eigenvalue weighted by atomic mass is 16.3. The third kappa shape index (κ3) is 7.97. The predicted molar refractivity (Wildman–Crippen MR) is 71.8 cm³/mol. The highest BCUT2D eigenvalue weighted by Gasteiger charge is 2.12. The Hall–Kier alpha value is -0.830. The normalized spacial score (nSPS) is 12.7. The van der Waals surface area contributed by atoms with E-state index in [2.05, 4.69) is 0 Å². The van der Waals surface area contributed by atoms with Crippen LogP contribution in [0.5, 0.6) is 0 Å². The van der Waals surface area contributed by atoms with Crippen LogP contribution in [-0.2, 0) is 4.79 Å². The topological polar surface area (TPSA) is 40.5 Å². The van der Waals surface area contributed by atoms with Gasteiger partial charge in [0.05, 0.1) is 5.60 Å². The molecule has 0 rings (SSSR count). The number of aliphatic hydroxyl groups is 1. The van der Waals surface area contributed by atoms with Crippen LogP contribution < -0.4 is 0 Å². The fourth-order valence-corrected chi connectivity index (χ4v) is 1.71. The van der Waals surface area contributed by atoms with Gasteiger partial charge in [-0.1, -0.05) is 5.57 Å². The van der Waals surface area contributed by atoms with Crippen molar-refractivity contribution >= 4 is 5.91 Å². The van der Waals surface area contributed by atoms with E-state index in [1.807, 2.05) is 34.6 Å². The molecule has 0 aliphatic carbocycles. The number of carbonyl (C=O) groups is 1. The molecule has 1 N–H and O–H groups in total. The van der Waals surface area contributed by atoms with Crippen LogP contribution >= 0.6 is 0 Å². The Balaban J connectivity index is 4.13. The molecule has 1 amide bonds. The van der Waals surface area contributed by atoms with E-state index in [4.69, 9.17) is 0 Å². The molecule has 0 atom stereocenters. The minimum Gasteiger partial charge on any atom is -0.390 e. The van der Waals surface area contributed by atoms with Crippen molar-refractivity contribution in [3.8, 4) is 0 Å². The van der Waals surface area contributed by atoms with Gasteiger partial charge in [-0.25, -0.2) is 0 Å². The SMILES string of the molecule is CCN(CC)C(=O)/C=C(\C)CCCC(C)(C)O. The lowest BCUT2D eigenvalue weighted by Crippen LogP contribution is -2.29. The van der Waals surface area contributed by atoms with E-state index in [9.17, 15) is 9.90 Å². The smallest absolute Gasteiger partial charge is 0.246 e. The number of rotatable bonds is 7. The average Bonchev–Trinajstić information content (AvgIpc) is 2.17. The Morgan fingerprint density at radius 1 is 1.29 bits per heavy atom. The number of carbonyl (C=O) groups excluding carboxylic acids is 1. The number of allylic oxidation sites excluding steroid dienone is 1. The molecule has 0 spiro atoms. The van der Waals surface area contributed by atoms with Crippen LogP contribution in [0.3, 0.4) is 0 Å². The molecule has 3 heteroatoms. The maximum absolute atomic E-state index is 11.8. The Labute approximate surface area is 106 Å². The van der Waals surface area contributed by atoms with Crippen molar-refractivity contribution in [1.29, 1.82) is 0 Å². The minimum absolute atomic E-state index is 0.0933. The fraction of sp³-hybridized carbons (Fsp3) is 0.786. The van der Waals surface area contributed by atoms with Crippen molar-refractivity contribution in [2.45, 2.75) is 59.5 Å². The van der Waals surface area contributed by atoms with Crippen molar-refractivity contribution in [3.05, 3.63) is 11.6 Å². The van der Waals surface area contributed by atoms with Crippen molar-refractivity contribution in [3.63, 3.8) is 0 Å². The van der Waals surface area contributed by atoms with E-state index in [1.165, 1.54) is 0 Å². The van der Waals surface area contributed by atoms with E-state index in [0.717, 1.165) is 37.9 Å². The van der Waals surface area contributed by atoms with Gasteiger partial charge in [-0.15, -0.1) is 0 Å². The zero-order valence-corrected chi connectivity index (χ0v) is 11.9. The third-order valence-corrected chi connectivity index (χ3v) is 2.80. The van der Waals surface area contributed by atoms with E-state index in [0.29, 0.717) is 0 Å². The van der Waals surface area contributed by atoms with Crippen molar-refractivity contribution in [2.75, 3.05) is 13.1 Å². The molecule has 0 aromatic carbocycles. The Kier molecular flexibility index (Phi) is 7.12. The van der Waals surface area contributed by atoms with Crippen LogP contribution in [0.4, 0.5) is 0 Å². The average molecular weight is 241 g/mol. The zero-order chi connectivity index (χ0) is 13.5. The molecular formula is C14H27NO2. The van der Waals surface area contributed by atoms with E-state index in [1.54, 1.807) is 11.0 Å². The van der Waals surface area contributed by atoms with Crippen molar-refractivity contribution in [2.24, 2.45) is 0 Å². The summed E-state index contributed by atoms with van der Waals surface area (Å²) in [7, 11) is 0. The molecule has 0 unspecified atom stereocenters. The van der Waals surface area contributed by atoms with Gasteiger partial charge in [0.1, 0.15) is 0 Å². The summed E-state index contributed by atoms with van der Waals surface area (Å²) < 4.78 is 0. The number of likely N-dealkylation sites (N-methyl/N-ethyl adjacent to an activating group) is 1. The molecule has 0 fully saturated rings. The molecule has 0 saturated carbocycles. The van der Waals surface area contributed by atoms with Gasteiger partial charge >= 0.3 is 0 Å². The Morgan fingerprint density at radius 3 is 2.24 bits per heavy atom. The van der Waals surface area contributed by atoms with Crippen LogP contribution in [0.25, 0.3) is 0 Å². The first kappa shape index (κ1) is 16.2. The van der Waals surface area contributed by atoms with Crippen LogP contribution in [0, 0.1) is 0 Å². The molecule has 0 aliphatic heterocycles. The van der Waals surface area contributed by atoms with Gasteiger partial charge in [0.15, 0.2) is 0 Å². The van der Waals surface area contributed by atoms with Gasteiger partial charge in [0.2, 0.25) is 5.91 Å². The van der Waals surface area contributed by atoms with E-state index < -0.39 is 5.60 Å². The summed E-state index contributed by atoms with van der Waals surface area (Å²) in [6, 6.07) is 0. The summed E-state index contributed by atoms with van der Waals surface area (Å²) in [6.45, 7) is 11.1. The van der Waals surface area contributed by atoms with Gasteiger partial charge in [0.25, 0.3) is 0 Å². The lowest BCUT2D eigenvalue weighted by molar-refractivity contribution is -0.125. The summed E-state index contributed by atoms with van der Waals surface area (Å²) in [5.41, 5.74) is 0.481. The Morgan fingerprint density at radius 2 is 1.82 bits per heavy atom. The minimum atomic E-state index is -0.608. The van der Waals surface area contributed by atoms with E-state index >= 15 is 0 Å². The molecule has 100 valence electrons. The molecule has 0 saturated heterocycles. The standard InChI is InChI=1S/C14H27NO2/c1-6-15(7-2)13(16)11-12(3)9-8-10-14(4,5)17/h11,17H,6-10H2,1-5H3/b12-11+. The molecule has 0 bridgehead atoms. The van der Waals surface area contributed by atoms with Crippen LogP contribution in [-0.4, -0.2) is 34.6 Å². The third-order valence-electron chi connectivity index (χ3n) is 2.80. The highest BCUT2D eigenvalue weighted by molar-refractivity contribution is 5.88. The van der Waals surface area contributed by atoms with Crippen LogP contribution in [0.1, 0.15) is 53.9 Å². The second-order valence-electron chi connectivity index (χ2n) is 5.17.